The Bertz CT molecular complexity index is 1690. The molecule has 1 amide bonds. The molecule has 0 atom stereocenters. The van der Waals surface area contributed by atoms with E-state index in [2.05, 4.69) is 20.1 Å². The maximum Gasteiger partial charge on any atom is 0.245 e. The Morgan fingerprint density at radius 1 is 1.05 bits per heavy atom. The molecule has 0 radical (unpaired) electrons. The number of amides is 1. The number of fused-ring (bicyclic) bond motifs is 1. The van der Waals surface area contributed by atoms with E-state index >= 15 is 4.39 Å². The number of sulfonamides is 1. The van der Waals surface area contributed by atoms with Crippen LogP contribution in [0.25, 0.3) is 16.8 Å². The van der Waals surface area contributed by atoms with E-state index < -0.39 is 15.6 Å². The molecule has 2 aromatic carbocycles. The average molecular weight is 581 g/mol. The lowest BCUT2D eigenvalue weighted by Gasteiger charge is -2.35. The molecule has 1 saturated heterocycles. The molecular formula is C28H33FN8O3S. The predicted octanol–water partition coefficient (Wildman–Crippen LogP) is 2.96. The maximum absolute atomic E-state index is 15.1. The minimum atomic E-state index is -3.72. The van der Waals surface area contributed by atoms with Crippen LogP contribution in [0.4, 0.5) is 21.7 Å². The number of nitrogens with one attached hydrogen (secondary N) is 2. The van der Waals surface area contributed by atoms with Gasteiger partial charge in [-0.3, -0.25) is 9.69 Å². The number of rotatable bonds is 8. The van der Waals surface area contributed by atoms with E-state index in [1.807, 2.05) is 28.0 Å². The molecule has 216 valence electrons. The van der Waals surface area contributed by atoms with Crippen molar-refractivity contribution in [1.82, 2.24) is 24.2 Å². The fourth-order valence-corrected chi connectivity index (χ4v) is 6.26. The van der Waals surface area contributed by atoms with Gasteiger partial charge in [-0.05, 0) is 63.2 Å². The third-order valence-corrected chi connectivity index (χ3v) is 8.33. The highest BCUT2D eigenvalue weighted by atomic mass is 32.2. The van der Waals surface area contributed by atoms with Gasteiger partial charge >= 0.3 is 0 Å². The first kappa shape index (κ1) is 28.5. The van der Waals surface area contributed by atoms with E-state index in [-0.39, 0.29) is 29.1 Å². The molecular weight excluding hydrogens is 547 g/mol. The maximum atomic E-state index is 15.1. The Morgan fingerprint density at radius 2 is 1.80 bits per heavy atom. The molecule has 41 heavy (non-hydrogen) atoms. The van der Waals surface area contributed by atoms with Gasteiger partial charge in [0.05, 0.1) is 34.5 Å². The summed E-state index contributed by atoms with van der Waals surface area (Å²) in [6, 6.07) is 15.2. The molecule has 3 heterocycles. The summed E-state index contributed by atoms with van der Waals surface area (Å²) in [5, 5.41) is 7.64. The fraction of sp³-hybridized carbons (Fsp3) is 0.321. The van der Waals surface area contributed by atoms with Gasteiger partial charge in [0.15, 0.2) is 0 Å². The van der Waals surface area contributed by atoms with Gasteiger partial charge in [0, 0.05) is 43.0 Å². The standard InChI is InChI=1S/C28H33FN8O3S/c1-28(2,3)34-41(39,40)22-6-4-5-19(15-22)24-10-8-21-17-31-27(33-37(21)24)32-20-7-9-25(23(29)16-20)36-13-11-35(12-14-36)18-26(30)38/h4-10,15-17,34H,11-14,18H2,1-3H3,(H2,30,38)(H,32,33). The van der Waals surface area contributed by atoms with Crippen molar-refractivity contribution in [3.63, 3.8) is 0 Å². The molecule has 2 aromatic heterocycles. The van der Waals surface area contributed by atoms with Crippen LogP contribution in [-0.4, -0.2) is 72.1 Å². The van der Waals surface area contributed by atoms with Crippen LogP contribution < -0.4 is 20.7 Å². The number of aromatic nitrogens is 3. The van der Waals surface area contributed by atoms with E-state index in [1.54, 1.807) is 61.8 Å². The first-order valence-electron chi connectivity index (χ1n) is 13.2. The van der Waals surface area contributed by atoms with Crippen molar-refractivity contribution < 1.29 is 17.6 Å². The summed E-state index contributed by atoms with van der Waals surface area (Å²) in [5.41, 5.74) is 7.67. The number of primary amides is 1. The predicted molar refractivity (Wildman–Crippen MR) is 156 cm³/mol. The van der Waals surface area contributed by atoms with Crippen molar-refractivity contribution in [2.24, 2.45) is 5.73 Å². The number of hydrogen-bond donors (Lipinski definition) is 3. The zero-order chi connectivity index (χ0) is 29.4. The van der Waals surface area contributed by atoms with Crippen LogP contribution in [0.15, 0.2) is 65.7 Å². The van der Waals surface area contributed by atoms with Gasteiger partial charge in [0.1, 0.15) is 5.82 Å². The lowest BCUT2D eigenvalue weighted by Crippen LogP contribution is -2.49. The molecule has 0 bridgehead atoms. The summed E-state index contributed by atoms with van der Waals surface area (Å²) in [6.07, 6.45) is 1.64. The van der Waals surface area contributed by atoms with Crippen LogP contribution in [-0.2, 0) is 14.8 Å². The molecule has 0 unspecified atom stereocenters. The summed E-state index contributed by atoms with van der Waals surface area (Å²) in [5.74, 6) is -0.509. The van der Waals surface area contributed by atoms with Gasteiger partial charge in [-0.25, -0.2) is 27.0 Å². The Kier molecular flexibility index (Phi) is 7.68. The lowest BCUT2D eigenvalue weighted by molar-refractivity contribution is -0.119. The number of carbonyl (C=O) groups excluding carboxylic acids is 1. The molecule has 4 aromatic rings. The molecule has 1 aliphatic heterocycles. The molecule has 13 heteroatoms. The molecule has 4 N–H and O–H groups in total. The second-order valence-corrected chi connectivity index (χ2v) is 12.7. The summed E-state index contributed by atoms with van der Waals surface area (Å²) < 4.78 is 45.2. The number of nitrogens with two attached hydrogens (primary N) is 1. The number of piperazine rings is 1. The number of carbonyl (C=O) groups is 1. The SMILES string of the molecule is CC(C)(C)NS(=O)(=O)c1cccc(-c2ccc3cnc(Nc4ccc(N5CCN(CC(N)=O)CC5)c(F)c4)nn23)c1. The van der Waals surface area contributed by atoms with Crippen molar-refractivity contribution in [3.05, 3.63) is 66.6 Å². The van der Waals surface area contributed by atoms with Crippen molar-refractivity contribution in [1.29, 1.82) is 0 Å². The third kappa shape index (κ3) is 6.64. The summed E-state index contributed by atoms with van der Waals surface area (Å²) in [4.78, 5) is 19.6. The second-order valence-electron chi connectivity index (χ2n) is 11.0. The Hall–Kier alpha value is -4.07. The van der Waals surface area contributed by atoms with Gasteiger partial charge < -0.3 is 16.0 Å². The van der Waals surface area contributed by atoms with Gasteiger partial charge in [0.2, 0.25) is 21.9 Å². The largest absolute Gasteiger partial charge is 0.369 e. The highest BCUT2D eigenvalue weighted by Crippen LogP contribution is 2.27. The Morgan fingerprint density at radius 3 is 2.49 bits per heavy atom. The number of hydrogen-bond acceptors (Lipinski definition) is 8. The van der Waals surface area contributed by atoms with Gasteiger partial charge in [0.25, 0.3) is 0 Å². The lowest BCUT2D eigenvalue weighted by atomic mass is 10.1. The van der Waals surface area contributed by atoms with E-state index in [0.717, 1.165) is 0 Å². The highest BCUT2D eigenvalue weighted by Gasteiger charge is 2.23. The summed E-state index contributed by atoms with van der Waals surface area (Å²) in [6.45, 7) is 7.97. The molecule has 1 fully saturated rings. The van der Waals surface area contributed by atoms with Crippen LogP contribution in [0.1, 0.15) is 20.8 Å². The number of benzene rings is 2. The molecule has 11 nitrogen and oxygen atoms in total. The summed E-state index contributed by atoms with van der Waals surface area (Å²) >= 11 is 0. The molecule has 5 rings (SSSR count). The van der Waals surface area contributed by atoms with E-state index in [9.17, 15) is 13.2 Å². The fourth-order valence-electron chi connectivity index (χ4n) is 4.80. The van der Waals surface area contributed by atoms with Gasteiger partial charge in [-0.15, -0.1) is 5.10 Å². The highest BCUT2D eigenvalue weighted by molar-refractivity contribution is 7.89. The Balaban J connectivity index is 1.35. The van der Waals surface area contributed by atoms with Crippen LogP contribution >= 0.6 is 0 Å². The molecule has 0 spiro atoms. The van der Waals surface area contributed by atoms with E-state index in [0.29, 0.717) is 54.3 Å². The number of anilines is 3. The van der Waals surface area contributed by atoms with Crippen molar-refractivity contribution in [2.75, 3.05) is 42.9 Å². The van der Waals surface area contributed by atoms with Crippen molar-refractivity contribution >= 4 is 38.8 Å². The van der Waals surface area contributed by atoms with Gasteiger partial charge in [-0.2, -0.15) is 0 Å². The zero-order valence-electron chi connectivity index (χ0n) is 23.1. The normalized spacial score (nSPS) is 14.9. The minimum Gasteiger partial charge on any atom is -0.369 e. The van der Waals surface area contributed by atoms with Crippen LogP contribution in [0.5, 0.6) is 0 Å². The third-order valence-electron chi connectivity index (χ3n) is 6.58. The Labute approximate surface area is 238 Å². The molecule has 0 aliphatic carbocycles. The van der Waals surface area contributed by atoms with Crippen molar-refractivity contribution in [2.45, 2.75) is 31.2 Å². The van der Waals surface area contributed by atoms with Crippen molar-refractivity contribution in [3.8, 4) is 11.3 Å². The zero-order valence-corrected chi connectivity index (χ0v) is 23.9. The molecule has 1 aliphatic rings. The first-order valence-corrected chi connectivity index (χ1v) is 14.7. The minimum absolute atomic E-state index is 0.150. The second kappa shape index (κ2) is 11.1. The van der Waals surface area contributed by atoms with Crippen LogP contribution in [0, 0.1) is 5.82 Å². The topological polar surface area (TPSA) is 138 Å². The van der Waals surface area contributed by atoms with Gasteiger partial charge in [-0.1, -0.05) is 12.1 Å². The van der Waals surface area contributed by atoms with Crippen LogP contribution in [0.2, 0.25) is 0 Å². The first-order chi connectivity index (χ1) is 19.4. The van der Waals surface area contributed by atoms with Crippen LogP contribution in [0.3, 0.4) is 0 Å². The van der Waals surface area contributed by atoms with E-state index in [4.69, 9.17) is 5.73 Å². The smallest absolute Gasteiger partial charge is 0.245 e. The monoisotopic (exact) mass is 580 g/mol. The summed E-state index contributed by atoms with van der Waals surface area (Å²) in [7, 11) is -3.72. The average Bonchev–Trinajstić information content (AvgIpc) is 3.31. The quantitative estimate of drug-likeness (QED) is 0.289. The molecule has 0 saturated carbocycles. The van der Waals surface area contributed by atoms with E-state index in [1.165, 1.54) is 6.07 Å². The number of halogens is 1. The number of nitrogens with zero attached hydrogens (tertiary/aromatic N) is 5.